The number of pyridine rings is 3. The highest BCUT2D eigenvalue weighted by Gasteiger charge is 2.23. The van der Waals surface area contributed by atoms with Crippen LogP contribution >= 0.6 is 11.6 Å². The molecule has 0 fully saturated rings. The fourth-order valence-corrected chi connectivity index (χ4v) is 4.88. The third-order valence-electron chi connectivity index (χ3n) is 5.02. The molecule has 0 unspecified atom stereocenters. The van der Waals surface area contributed by atoms with Crippen LogP contribution in [0.4, 0.5) is 21.7 Å². The molecule has 0 atom stereocenters. The minimum Gasteiger partial charge on any atom is -0.373 e. The molecular formula is C22H20ClFN6O2S. The van der Waals surface area contributed by atoms with Crippen molar-refractivity contribution < 1.29 is 12.8 Å². The van der Waals surface area contributed by atoms with Crippen molar-refractivity contribution in [2.75, 3.05) is 29.5 Å². The van der Waals surface area contributed by atoms with E-state index in [0.717, 1.165) is 5.39 Å². The third-order valence-corrected chi connectivity index (χ3v) is 6.61. The molecule has 170 valence electrons. The molecule has 3 heterocycles. The number of rotatable bonds is 6. The number of benzene rings is 1. The second-order valence-corrected chi connectivity index (χ2v) is 9.24. The average molecular weight is 487 g/mol. The van der Waals surface area contributed by atoms with Crippen molar-refractivity contribution in [2.24, 2.45) is 0 Å². The highest BCUT2D eigenvalue weighted by molar-refractivity contribution is 7.92. The van der Waals surface area contributed by atoms with Crippen LogP contribution in [0.15, 0.2) is 53.7 Å². The molecular weight excluding hydrogens is 467 g/mol. The van der Waals surface area contributed by atoms with Gasteiger partial charge in [0.2, 0.25) is 0 Å². The Bertz CT molecular complexity index is 1480. The molecule has 0 saturated carbocycles. The summed E-state index contributed by atoms with van der Waals surface area (Å²) < 4.78 is 43.8. The van der Waals surface area contributed by atoms with Gasteiger partial charge in [-0.2, -0.15) is 0 Å². The topological polar surface area (TPSA) is 109 Å². The molecule has 0 aliphatic rings. The lowest BCUT2D eigenvalue weighted by molar-refractivity contribution is 0.599. The molecule has 33 heavy (non-hydrogen) atoms. The van der Waals surface area contributed by atoms with Crippen LogP contribution < -0.4 is 15.4 Å². The lowest BCUT2D eigenvalue weighted by Crippen LogP contribution is -2.16. The van der Waals surface area contributed by atoms with Crippen LogP contribution in [0.25, 0.3) is 22.0 Å². The summed E-state index contributed by atoms with van der Waals surface area (Å²) in [5.41, 5.74) is 1.82. The number of aryl methyl sites for hydroxylation is 1. The minimum absolute atomic E-state index is 0.0893. The molecule has 0 aliphatic heterocycles. The molecule has 1 aromatic carbocycles. The first-order valence-corrected chi connectivity index (χ1v) is 11.7. The van der Waals surface area contributed by atoms with E-state index in [2.05, 4.69) is 30.3 Å². The Balaban J connectivity index is 1.78. The van der Waals surface area contributed by atoms with Crippen molar-refractivity contribution >= 4 is 49.9 Å². The monoisotopic (exact) mass is 486 g/mol. The van der Waals surface area contributed by atoms with Gasteiger partial charge in [-0.25, -0.2) is 22.8 Å². The SMILES string of the molecule is CNc1cc2nc(C)c(-c3cccc(NS(=O)(=O)c4cc(Cl)cnc4NC)c3F)cc2cn1. The zero-order chi connectivity index (χ0) is 23.8. The van der Waals surface area contributed by atoms with Crippen molar-refractivity contribution in [2.45, 2.75) is 11.8 Å². The van der Waals surface area contributed by atoms with Gasteiger partial charge in [-0.05, 0) is 25.1 Å². The van der Waals surface area contributed by atoms with E-state index in [-0.39, 0.29) is 27.0 Å². The molecule has 0 amide bonds. The van der Waals surface area contributed by atoms with Gasteiger partial charge < -0.3 is 10.6 Å². The first-order valence-electron chi connectivity index (χ1n) is 9.83. The molecule has 0 spiro atoms. The molecule has 3 N–H and O–H groups in total. The van der Waals surface area contributed by atoms with Crippen LogP contribution in [0.5, 0.6) is 0 Å². The molecule has 0 saturated heterocycles. The van der Waals surface area contributed by atoms with Crippen LogP contribution in [0.2, 0.25) is 5.02 Å². The number of hydrogen-bond acceptors (Lipinski definition) is 7. The summed E-state index contributed by atoms with van der Waals surface area (Å²) in [5, 5.41) is 6.51. The number of anilines is 3. The number of halogens is 2. The third kappa shape index (κ3) is 4.39. The van der Waals surface area contributed by atoms with Gasteiger partial charge in [-0.1, -0.05) is 23.7 Å². The minimum atomic E-state index is -4.18. The maximum atomic E-state index is 15.5. The lowest BCUT2D eigenvalue weighted by Gasteiger charge is -2.15. The largest absolute Gasteiger partial charge is 0.373 e. The Hall–Kier alpha value is -3.50. The average Bonchev–Trinajstić information content (AvgIpc) is 2.79. The summed E-state index contributed by atoms with van der Waals surface area (Å²) in [6, 6.07) is 9.30. The molecule has 0 radical (unpaired) electrons. The standard InChI is InChI=1S/C22H20ClFN6O2S/c1-12-16(7-13-10-27-20(25-2)9-18(13)29-12)15-5-4-6-17(21(15)24)30-33(31,32)19-8-14(23)11-28-22(19)26-3/h4-11,30H,1-3H3,(H,25,27)(H,26,28). The molecule has 4 aromatic rings. The van der Waals surface area contributed by atoms with E-state index in [0.29, 0.717) is 22.6 Å². The summed E-state index contributed by atoms with van der Waals surface area (Å²) >= 11 is 5.93. The number of aromatic nitrogens is 3. The van der Waals surface area contributed by atoms with Crippen molar-refractivity contribution in [1.29, 1.82) is 0 Å². The van der Waals surface area contributed by atoms with Crippen molar-refractivity contribution in [3.63, 3.8) is 0 Å². The Morgan fingerprint density at radius 3 is 2.52 bits per heavy atom. The van der Waals surface area contributed by atoms with Crippen molar-refractivity contribution in [3.05, 3.63) is 65.3 Å². The maximum absolute atomic E-state index is 15.5. The van der Waals surface area contributed by atoms with Crippen LogP contribution in [-0.4, -0.2) is 37.5 Å². The molecule has 3 aromatic heterocycles. The highest BCUT2D eigenvalue weighted by atomic mass is 35.5. The summed E-state index contributed by atoms with van der Waals surface area (Å²) in [7, 11) is -0.896. The molecule has 8 nitrogen and oxygen atoms in total. The predicted molar refractivity (Wildman–Crippen MR) is 129 cm³/mol. The number of hydrogen-bond donors (Lipinski definition) is 3. The summed E-state index contributed by atoms with van der Waals surface area (Å²) in [5.74, 6) is 0.0266. The van der Waals surface area contributed by atoms with Crippen LogP contribution in [-0.2, 0) is 10.0 Å². The number of nitrogens with zero attached hydrogens (tertiary/aromatic N) is 3. The fourth-order valence-electron chi connectivity index (χ4n) is 3.41. The van der Waals surface area contributed by atoms with Gasteiger partial charge in [0, 0.05) is 54.8 Å². The van der Waals surface area contributed by atoms with Gasteiger partial charge in [0.05, 0.1) is 16.2 Å². The Morgan fingerprint density at radius 2 is 1.79 bits per heavy atom. The van der Waals surface area contributed by atoms with E-state index in [1.165, 1.54) is 25.4 Å². The maximum Gasteiger partial charge on any atom is 0.265 e. The van der Waals surface area contributed by atoms with E-state index in [9.17, 15) is 8.42 Å². The first-order chi connectivity index (χ1) is 15.7. The van der Waals surface area contributed by atoms with Gasteiger partial charge in [-0.3, -0.25) is 9.71 Å². The molecule has 0 aliphatic carbocycles. The van der Waals surface area contributed by atoms with E-state index in [1.807, 2.05) is 0 Å². The van der Waals surface area contributed by atoms with E-state index in [1.54, 1.807) is 44.4 Å². The van der Waals surface area contributed by atoms with Crippen LogP contribution in [0.1, 0.15) is 5.69 Å². The number of sulfonamides is 1. The van der Waals surface area contributed by atoms with Crippen LogP contribution in [0.3, 0.4) is 0 Å². The van der Waals surface area contributed by atoms with Gasteiger partial charge in [0.15, 0.2) is 5.82 Å². The summed E-state index contributed by atoms with van der Waals surface area (Å²) in [6.45, 7) is 1.77. The molecule has 11 heteroatoms. The van der Waals surface area contributed by atoms with Gasteiger partial charge >= 0.3 is 0 Å². The first kappa shape index (κ1) is 22.7. The highest BCUT2D eigenvalue weighted by Crippen LogP contribution is 2.33. The predicted octanol–water partition coefficient (Wildman–Crippen LogP) is 4.68. The zero-order valence-corrected chi connectivity index (χ0v) is 19.5. The Labute approximate surface area is 195 Å². The van der Waals surface area contributed by atoms with Gasteiger partial charge in [-0.15, -0.1) is 0 Å². The van der Waals surface area contributed by atoms with E-state index in [4.69, 9.17) is 11.6 Å². The lowest BCUT2D eigenvalue weighted by atomic mass is 10.0. The van der Waals surface area contributed by atoms with Gasteiger partial charge in [0.25, 0.3) is 10.0 Å². The van der Waals surface area contributed by atoms with E-state index >= 15 is 4.39 Å². The van der Waals surface area contributed by atoms with Crippen LogP contribution in [0, 0.1) is 12.7 Å². The number of nitrogens with one attached hydrogen (secondary N) is 3. The Morgan fingerprint density at radius 1 is 1.00 bits per heavy atom. The smallest absolute Gasteiger partial charge is 0.265 e. The zero-order valence-electron chi connectivity index (χ0n) is 17.9. The normalized spacial score (nSPS) is 11.4. The van der Waals surface area contributed by atoms with Crippen molar-refractivity contribution in [3.8, 4) is 11.1 Å². The second kappa shape index (κ2) is 8.80. The summed E-state index contributed by atoms with van der Waals surface area (Å²) in [6.07, 6.45) is 2.96. The Kier molecular flexibility index (Phi) is 6.05. The van der Waals surface area contributed by atoms with E-state index < -0.39 is 15.8 Å². The fraction of sp³-hybridized carbons (Fsp3) is 0.136. The molecule has 0 bridgehead atoms. The summed E-state index contributed by atoms with van der Waals surface area (Å²) in [4.78, 5) is 12.6. The van der Waals surface area contributed by atoms with Crippen molar-refractivity contribution in [1.82, 2.24) is 15.0 Å². The molecule has 4 rings (SSSR count). The van der Waals surface area contributed by atoms with Gasteiger partial charge in [0.1, 0.15) is 16.5 Å². The quantitative estimate of drug-likeness (QED) is 0.363. The number of fused-ring (bicyclic) bond motifs is 1. The second-order valence-electron chi connectivity index (χ2n) is 7.16.